The molecule has 0 radical (unpaired) electrons. The summed E-state index contributed by atoms with van der Waals surface area (Å²) in [5.41, 5.74) is 2.01. The fourth-order valence-electron chi connectivity index (χ4n) is 2.73. The van der Waals surface area contributed by atoms with Crippen LogP contribution in [0.5, 0.6) is 0 Å². The van der Waals surface area contributed by atoms with Gasteiger partial charge >= 0.3 is 0 Å². The summed E-state index contributed by atoms with van der Waals surface area (Å²) in [5.74, 6) is 0. The number of anilines is 1. The third kappa shape index (κ3) is 2.49. The summed E-state index contributed by atoms with van der Waals surface area (Å²) in [6, 6.07) is 11.6. The second-order valence-electron chi connectivity index (χ2n) is 5.34. The van der Waals surface area contributed by atoms with E-state index < -0.39 is 0 Å². The first-order valence-corrected chi connectivity index (χ1v) is 6.87. The Morgan fingerprint density at radius 2 is 2.00 bits per heavy atom. The molecular weight excluding hydrogens is 222 g/mol. The van der Waals surface area contributed by atoms with Gasteiger partial charge in [0.1, 0.15) is 0 Å². The number of benzene rings is 1. The van der Waals surface area contributed by atoms with Crippen LogP contribution in [-0.2, 0) is 0 Å². The maximum Gasteiger partial charge on any atom is 0.0991 e. The highest BCUT2D eigenvalue weighted by molar-refractivity contribution is 5.51. The number of nitriles is 1. The van der Waals surface area contributed by atoms with Gasteiger partial charge in [-0.2, -0.15) is 5.26 Å². The smallest absolute Gasteiger partial charge is 0.0991 e. The van der Waals surface area contributed by atoms with Crippen LogP contribution in [0.25, 0.3) is 0 Å². The Kier molecular flexibility index (Phi) is 3.21. The normalized spacial score (nSPS) is 22.7. The lowest BCUT2D eigenvalue weighted by Gasteiger charge is -2.28. The van der Waals surface area contributed by atoms with Gasteiger partial charge in [0.05, 0.1) is 11.6 Å². The lowest BCUT2D eigenvalue weighted by Crippen LogP contribution is -2.38. The first-order valence-electron chi connectivity index (χ1n) is 6.87. The second kappa shape index (κ2) is 4.99. The molecule has 0 aromatic heterocycles. The van der Waals surface area contributed by atoms with Crippen molar-refractivity contribution in [1.82, 2.24) is 5.32 Å². The van der Waals surface area contributed by atoms with Gasteiger partial charge in [-0.3, -0.25) is 0 Å². The minimum Gasteiger partial charge on any atom is -0.367 e. The summed E-state index contributed by atoms with van der Waals surface area (Å²) >= 11 is 0. The highest BCUT2D eigenvalue weighted by Gasteiger charge is 2.31. The third-order valence-electron chi connectivity index (χ3n) is 3.90. The van der Waals surface area contributed by atoms with Crippen molar-refractivity contribution in [2.75, 3.05) is 18.0 Å². The molecule has 3 heteroatoms. The molecule has 3 nitrogen and oxygen atoms in total. The van der Waals surface area contributed by atoms with Gasteiger partial charge in [0, 0.05) is 24.3 Å². The van der Waals surface area contributed by atoms with Gasteiger partial charge in [0.25, 0.3) is 0 Å². The van der Waals surface area contributed by atoms with Gasteiger partial charge in [-0.25, -0.2) is 0 Å². The minimum atomic E-state index is 0.640. The molecule has 0 spiro atoms. The van der Waals surface area contributed by atoms with Crippen LogP contribution >= 0.6 is 0 Å². The molecule has 1 saturated heterocycles. The Balaban J connectivity index is 1.73. The van der Waals surface area contributed by atoms with Gasteiger partial charge < -0.3 is 10.2 Å². The van der Waals surface area contributed by atoms with Crippen LogP contribution in [0.3, 0.4) is 0 Å². The standard InChI is InChI=1S/C15H19N3/c16-10-12-3-5-14(6-4-12)18(15-7-8-15)11-13-2-1-9-17-13/h3-6,13,15,17H,1-2,7-9,11H2. The van der Waals surface area contributed by atoms with E-state index in [1.54, 1.807) is 0 Å². The summed E-state index contributed by atoms with van der Waals surface area (Å²) < 4.78 is 0. The number of hydrogen-bond acceptors (Lipinski definition) is 3. The van der Waals surface area contributed by atoms with Crippen LogP contribution in [0, 0.1) is 11.3 Å². The number of rotatable bonds is 4. The van der Waals surface area contributed by atoms with Crippen molar-refractivity contribution in [2.45, 2.75) is 37.8 Å². The first kappa shape index (κ1) is 11.6. The van der Waals surface area contributed by atoms with Crippen LogP contribution in [-0.4, -0.2) is 25.2 Å². The Labute approximate surface area is 108 Å². The molecule has 1 heterocycles. The molecule has 1 unspecified atom stereocenters. The minimum absolute atomic E-state index is 0.640. The highest BCUT2D eigenvalue weighted by Crippen LogP contribution is 2.32. The average Bonchev–Trinajstić information content (AvgIpc) is 3.13. The van der Waals surface area contributed by atoms with Gasteiger partial charge in [-0.1, -0.05) is 0 Å². The molecule has 18 heavy (non-hydrogen) atoms. The Hall–Kier alpha value is -1.53. The Morgan fingerprint density at radius 1 is 1.22 bits per heavy atom. The van der Waals surface area contributed by atoms with E-state index in [0.717, 1.165) is 24.7 Å². The molecule has 0 bridgehead atoms. The molecule has 1 N–H and O–H groups in total. The Bertz CT molecular complexity index is 436. The van der Waals surface area contributed by atoms with Crippen molar-refractivity contribution in [3.8, 4) is 6.07 Å². The summed E-state index contributed by atoms with van der Waals surface area (Å²) in [7, 11) is 0. The summed E-state index contributed by atoms with van der Waals surface area (Å²) in [6.45, 7) is 2.27. The first-order chi connectivity index (χ1) is 8.86. The Morgan fingerprint density at radius 3 is 2.56 bits per heavy atom. The van der Waals surface area contributed by atoms with Crippen molar-refractivity contribution in [1.29, 1.82) is 5.26 Å². The van der Waals surface area contributed by atoms with Gasteiger partial charge in [-0.05, 0) is 56.5 Å². The molecule has 2 fully saturated rings. The predicted molar refractivity (Wildman–Crippen MR) is 72.5 cm³/mol. The molecule has 1 saturated carbocycles. The number of nitrogens with one attached hydrogen (secondary N) is 1. The molecule has 1 aliphatic heterocycles. The van der Waals surface area contributed by atoms with Crippen LogP contribution in [0.2, 0.25) is 0 Å². The van der Waals surface area contributed by atoms with Crippen LogP contribution in [0.1, 0.15) is 31.2 Å². The van der Waals surface area contributed by atoms with Gasteiger partial charge in [0.15, 0.2) is 0 Å². The summed E-state index contributed by atoms with van der Waals surface area (Å²) in [6.07, 6.45) is 5.22. The molecule has 2 aliphatic rings. The SMILES string of the molecule is N#Cc1ccc(N(CC2CCCN2)C2CC2)cc1. The fourth-order valence-corrected chi connectivity index (χ4v) is 2.73. The van der Waals surface area contributed by atoms with E-state index in [4.69, 9.17) is 5.26 Å². The molecular formula is C15H19N3. The summed E-state index contributed by atoms with van der Waals surface area (Å²) in [5, 5.41) is 12.4. The topological polar surface area (TPSA) is 39.1 Å². The van der Waals surface area contributed by atoms with E-state index in [0.29, 0.717) is 6.04 Å². The number of nitrogens with zero attached hydrogens (tertiary/aromatic N) is 2. The van der Waals surface area contributed by atoms with E-state index in [-0.39, 0.29) is 0 Å². The largest absolute Gasteiger partial charge is 0.367 e. The zero-order valence-corrected chi connectivity index (χ0v) is 10.6. The zero-order chi connectivity index (χ0) is 12.4. The van der Waals surface area contributed by atoms with E-state index >= 15 is 0 Å². The van der Waals surface area contributed by atoms with Crippen LogP contribution in [0.15, 0.2) is 24.3 Å². The molecule has 1 atom stereocenters. The van der Waals surface area contributed by atoms with Crippen molar-refractivity contribution >= 4 is 5.69 Å². The number of hydrogen-bond donors (Lipinski definition) is 1. The maximum absolute atomic E-state index is 8.84. The molecule has 3 rings (SSSR count). The second-order valence-corrected chi connectivity index (χ2v) is 5.34. The molecule has 0 amide bonds. The fraction of sp³-hybridized carbons (Fsp3) is 0.533. The van der Waals surface area contributed by atoms with Crippen molar-refractivity contribution in [3.63, 3.8) is 0 Å². The molecule has 94 valence electrons. The van der Waals surface area contributed by atoms with E-state index in [1.165, 1.54) is 31.4 Å². The quantitative estimate of drug-likeness (QED) is 0.879. The third-order valence-corrected chi connectivity index (χ3v) is 3.90. The van der Waals surface area contributed by atoms with Crippen molar-refractivity contribution in [2.24, 2.45) is 0 Å². The van der Waals surface area contributed by atoms with Crippen molar-refractivity contribution < 1.29 is 0 Å². The monoisotopic (exact) mass is 241 g/mol. The molecule has 1 aromatic carbocycles. The van der Waals surface area contributed by atoms with Crippen LogP contribution in [0.4, 0.5) is 5.69 Å². The summed E-state index contributed by atoms with van der Waals surface area (Å²) in [4.78, 5) is 2.52. The molecule has 1 aromatic rings. The van der Waals surface area contributed by atoms with E-state index in [1.807, 2.05) is 12.1 Å². The van der Waals surface area contributed by atoms with Crippen molar-refractivity contribution in [3.05, 3.63) is 29.8 Å². The lowest BCUT2D eigenvalue weighted by atomic mass is 10.1. The van der Waals surface area contributed by atoms with Gasteiger partial charge in [0.2, 0.25) is 0 Å². The van der Waals surface area contributed by atoms with E-state index in [2.05, 4.69) is 28.4 Å². The van der Waals surface area contributed by atoms with Gasteiger partial charge in [-0.15, -0.1) is 0 Å². The zero-order valence-electron chi connectivity index (χ0n) is 10.6. The van der Waals surface area contributed by atoms with E-state index in [9.17, 15) is 0 Å². The average molecular weight is 241 g/mol. The molecule has 1 aliphatic carbocycles. The maximum atomic E-state index is 8.84. The lowest BCUT2D eigenvalue weighted by molar-refractivity contribution is 0.579. The predicted octanol–water partition coefficient (Wildman–Crippen LogP) is 2.28. The van der Waals surface area contributed by atoms with Crippen LogP contribution < -0.4 is 10.2 Å². The highest BCUT2D eigenvalue weighted by atomic mass is 15.2.